The van der Waals surface area contributed by atoms with Crippen LogP contribution in [0.15, 0.2) is 36.9 Å². The average molecular weight is 272 g/mol. The van der Waals surface area contributed by atoms with Crippen molar-refractivity contribution in [1.29, 1.82) is 0 Å². The summed E-state index contributed by atoms with van der Waals surface area (Å²) in [6.07, 6.45) is 7.03. The van der Waals surface area contributed by atoms with Crippen molar-refractivity contribution < 1.29 is 4.74 Å². The highest BCUT2D eigenvalue weighted by Gasteiger charge is 2.21. The zero-order chi connectivity index (χ0) is 13.8. The quantitative estimate of drug-likeness (QED) is 0.929. The first-order valence-corrected chi connectivity index (χ1v) is 7.18. The van der Waals surface area contributed by atoms with E-state index in [0.717, 1.165) is 37.2 Å². The van der Waals surface area contributed by atoms with Gasteiger partial charge in [0.1, 0.15) is 12.7 Å². The molecule has 1 N–H and O–H groups in total. The van der Waals surface area contributed by atoms with Gasteiger partial charge in [0.05, 0.1) is 11.8 Å². The molecule has 0 amide bonds. The minimum atomic E-state index is 0.391. The Labute approximate surface area is 119 Å². The Morgan fingerprint density at radius 3 is 3.00 bits per heavy atom. The summed E-state index contributed by atoms with van der Waals surface area (Å²) in [7, 11) is 0. The molecule has 2 heterocycles. The molecule has 0 radical (unpaired) electrons. The summed E-state index contributed by atoms with van der Waals surface area (Å²) in [5.41, 5.74) is 2.21. The van der Waals surface area contributed by atoms with E-state index < -0.39 is 0 Å². The summed E-state index contributed by atoms with van der Waals surface area (Å²) in [5, 5.41) is 11.3. The van der Waals surface area contributed by atoms with Crippen LogP contribution in [0.2, 0.25) is 0 Å². The normalized spacial score (nSPS) is 22.6. The second-order valence-electron chi connectivity index (χ2n) is 5.19. The molecule has 0 bridgehead atoms. The van der Waals surface area contributed by atoms with Gasteiger partial charge in [-0.25, -0.2) is 0 Å². The molecule has 1 aliphatic rings. The molecule has 2 aromatic rings. The number of benzene rings is 1. The first-order valence-electron chi connectivity index (χ1n) is 7.18. The zero-order valence-corrected chi connectivity index (χ0v) is 11.7. The molecule has 106 valence electrons. The smallest absolute Gasteiger partial charge is 0.123 e. The van der Waals surface area contributed by atoms with Gasteiger partial charge in [-0.2, -0.15) is 0 Å². The van der Waals surface area contributed by atoms with E-state index in [9.17, 15) is 0 Å². The van der Waals surface area contributed by atoms with Gasteiger partial charge >= 0.3 is 0 Å². The van der Waals surface area contributed by atoms with E-state index >= 15 is 0 Å². The molecule has 1 saturated heterocycles. The standard InChI is InChI=1S/C15H20N4O/c1-2-15-9-13(6-7-20-15)18-12-4-3-5-14(8-12)19-10-16-17-11-19/h3-5,8,10-11,13,15,18H,2,6-7,9H2,1H3. The molecule has 1 aliphatic heterocycles. The lowest BCUT2D eigenvalue weighted by Crippen LogP contribution is -2.33. The topological polar surface area (TPSA) is 52.0 Å². The Hall–Kier alpha value is -1.88. The molecule has 20 heavy (non-hydrogen) atoms. The molecule has 5 heteroatoms. The van der Waals surface area contributed by atoms with Gasteiger partial charge in [-0.1, -0.05) is 13.0 Å². The number of hydrogen-bond donors (Lipinski definition) is 1. The molecule has 1 fully saturated rings. The van der Waals surface area contributed by atoms with Crippen LogP contribution < -0.4 is 5.32 Å². The summed E-state index contributed by atoms with van der Waals surface area (Å²) in [5.74, 6) is 0. The first-order chi connectivity index (χ1) is 9.85. The minimum absolute atomic E-state index is 0.391. The second-order valence-corrected chi connectivity index (χ2v) is 5.19. The minimum Gasteiger partial charge on any atom is -0.382 e. The molecule has 5 nitrogen and oxygen atoms in total. The van der Waals surface area contributed by atoms with Gasteiger partial charge in [0.25, 0.3) is 0 Å². The van der Waals surface area contributed by atoms with E-state index in [0.29, 0.717) is 12.1 Å². The lowest BCUT2D eigenvalue weighted by atomic mass is 10.0. The van der Waals surface area contributed by atoms with E-state index in [-0.39, 0.29) is 0 Å². The molecule has 1 aromatic carbocycles. The maximum Gasteiger partial charge on any atom is 0.123 e. The summed E-state index contributed by atoms with van der Waals surface area (Å²) >= 11 is 0. The monoisotopic (exact) mass is 272 g/mol. The molecule has 0 spiro atoms. The fourth-order valence-electron chi connectivity index (χ4n) is 2.62. The number of hydrogen-bond acceptors (Lipinski definition) is 4. The van der Waals surface area contributed by atoms with Crippen molar-refractivity contribution in [2.24, 2.45) is 0 Å². The van der Waals surface area contributed by atoms with Crippen molar-refractivity contribution in [1.82, 2.24) is 14.8 Å². The summed E-state index contributed by atoms with van der Waals surface area (Å²) in [4.78, 5) is 0. The van der Waals surface area contributed by atoms with E-state index in [4.69, 9.17) is 4.74 Å². The fourth-order valence-corrected chi connectivity index (χ4v) is 2.62. The van der Waals surface area contributed by atoms with Gasteiger partial charge in [-0.3, -0.25) is 4.57 Å². The highest BCUT2D eigenvalue weighted by molar-refractivity contribution is 5.51. The SMILES string of the molecule is CCC1CC(Nc2cccc(-n3cnnc3)c2)CCO1. The molecule has 3 rings (SSSR count). The number of nitrogens with zero attached hydrogens (tertiary/aromatic N) is 3. The predicted octanol–water partition coefficient (Wildman–Crippen LogP) is 2.64. The van der Waals surface area contributed by atoms with Crippen molar-refractivity contribution in [2.75, 3.05) is 11.9 Å². The number of nitrogens with one attached hydrogen (secondary N) is 1. The lowest BCUT2D eigenvalue weighted by molar-refractivity contribution is 0.00926. The molecule has 2 atom stereocenters. The molecule has 1 aromatic heterocycles. The molecule has 0 saturated carbocycles. The summed E-state index contributed by atoms with van der Waals surface area (Å²) < 4.78 is 7.62. The van der Waals surface area contributed by atoms with Gasteiger partial charge in [-0.15, -0.1) is 10.2 Å². The van der Waals surface area contributed by atoms with Crippen LogP contribution in [0.1, 0.15) is 26.2 Å². The van der Waals surface area contributed by atoms with Crippen LogP contribution in [0.4, 0.5) is 5.69 Å². The van der Waals surface area contributed by atoms with Crippen LogP contribution >= 0.6 is 0 Å². The van der Waals surface area contributed by atoms with Gasteiger partial charge in [0, 0.05) is 18.3 Å². The van der Waals surface area contributed by atoms with Crippen molar-refractivity contribution in [3.05, 3.63) is 36.9 Å². The molecule has 2 unspecified atom stereocenters. The number of aromatic nitrogens is 3. The van der Waals surface area contributed by atoms with Crippen LogP contribution in [0, 0.1) is 0 Å². The van der Waals surface area contributed by atoms with E-state index in [1.807, 2.05) is 16.7 Å². The fraction of sp³-hybridized carbons (Fsp3) is 0.467. The highest BCUT2D eigenvalue weighted by Crippen LogP contribution is 2.21. The third-order valence-corrected chi connectivity index (χ3v) is 3.76. The molecular formula is C15H20N4O. The summed E-state index contributed by atoms with van der Waals surface area (Å²) in [6, 6.07) is 8.82. The van der Waals surface area contributed by atoms with Crippen molar-refractivity contribution >= 4 is 5.69 Å². The van der Waals surface area contributed by atoms with Crippen LogP contribution in [0.5, 0.6) is 0 Å². The number of ether oxygens (including phenoxy) is 1. The molecular weight excluding hydrogens is 252 g/mol. The zero-order valence-electron chi connectivity index (χ0n) is 11.7. The first kappa shape index (κ1) is 13.1. The lowest BCUT2D eigenvalue weighted by Gasteiger charge is -2.30. The molecule has 0 aliphatic carbocycles. The van der Waals surface area contributed by atoms with Crippen molar-refractivity contribution in [2.45, 2.75) is 38.3 Å². The van der Waals surface area contributed by atoms with Crippen LogP contribution in [0.3, 0.4) is 0 Å². The van der Waals surface area contributed by atoms with Crippen molar-refractivity contribution in [3.63, 3.8) is 0 Å². The number of rotatable bonds is 4. The van der Waals surface area contributed by atoms with Gasteiger partial charge in [-0.05, 0) is 37.5 Å². The Morgan fingerprint density at radius 1 is 1.35 bits per heavy atom. The van der Waals surface area contributed by atoms with Crippen molar-refractivity contribution in [3.8, 4) is 5.69 Å². The van der Waals surface area contributed by atoms with Gasteiger partial charge in [0.15, 0.2) is 0 Å². The Balaban J connectivity index is 1.70. The third kappa shape index (κ3) is 2.99. The second kappa shape index (κ2) is 6.05. The average Bonchev–Trinajstić information content (AvgIpc) is 3.02. The van der Waals surface area contributed by atoms with E-state index in [1.165, 1.54) is 0 Å². The number of anilines is 1. The van der Waals surface area contributed by atoms with E-state index in [1.54, 1.807) is 12.7 Å². The third-order valence-electron chi connectivity index (χ3n) is 3.76. The maximum absolute atomic E-state index is 5.72. The van der Waals surface area contributed by atoms with Crippen LogP contribution in [-0.2, 0) is 4.74 Å². The van der Waals surface area contributed by atoms with E-state index in [2.05, 4.69) is 34.6 Å². The van der Waals surface area contributed by atoms with Gasteiger partial charge in [0.2, 0.25) is 0 Å². The Morgan fingerprint density at radius 2 is 2.20 bits per heavy atom. The van der Waals surface area contributed by atoms with Crippen LogP contribution in [0.25, 0.3) is 5.69 Å². The maximum atomic E-state index is 5.72. The largest absolute Gasteiger partial charge is 0.382 e. The van der Waals surface area contributed by atoms with Crippen LogP contribution in [-0.4, -0.2) is 33.5 Å². The predicted molar refractivity (Wildman–Crippen MR) is 78.0 cm³/mol. The Bertz CT molecular complexity index is 541. The highest BCUT2D eigenvalue weighted by atomic mass is 16.5. The van der Waals surface area contributed by atoms with Gasteiger partial charge < -0.3 is 10.1 Å². The summed E-state index contributed by atoms with van der Waals surface area (Å²) in [6.45, 7) is 3.03. The Kier molecular flexibility index (Phi) is 3.97.